The summed E-state index contributed by atoms with van der Waals surface area (Å²) in [6.07, 6.45) is 2.22. The fourth-order valence-electron chi connectivity index (χ4n) is 2.68. The Bertz CT molecular complexity index is 578. The average molecular weight is 283 g/mol. The Morgan fingerprint density at radius 3 is 3.11 bits per heavy atom. The van der Waals surface area contributed by atoms with Gasteiger partial charge < -0.3 is 9.30 Å². The first-order valence-electron chi connectivity index (χ1n) is 6.57. The normalized spacial score (nSPS) is 20.0. The number of benzene rings is 1. The van der Waals surface area contributed by atoms with Crippen molar-refractivity contribution >= 4 is 22.6 Å². The summed E-state index contributed by atoms with van der Waals surface area (Å²) in [5.74, 6) is 1.19. The third kappa shape index (κ3) is 2.47. The van der Waals surface area contributed by atoms with Crippen molar-refractivity contribution in [1.29, 1.82) is 0 Å². The molecule has 0 saturated carbocycles. The number of alkyl halides is 1. The highest BCUT2D eigenvalue weighted by Gasteiger charge is 2.19. The Morgan fingerprint density at radius 1 is 1.47 bits per heavy atom. The maximum Gasteiger partial charge on any atom is 0.151 e. The quantitative estimate of drug-likeness (QED) is 0.808. The van der Waals surface area contributed by atoms with E-state index in [0.29, 0.717) is 17.3 Å². The second kappa shape index (κ2) is 5.47. The molecule has 3 nitrogen and oxygen atoms in total. The highest BCUT2D eigenvalue weighted by Crippen LogP contribution is 2.24. The zero-order chi connectivity index (χ0) is 13.2. The largest absolute Gasteiger partial charge is 0.381 e. The lowest BCUT2D eigenvalue weighted by Gasteiger charge is -2.23. The second-order valence-electron chi connectivity index (χ2n) is 4.96. The van der Waals surface area contributed by atoms with Crippen molar-refractivity contribution in [3.05, 3.63) is 29.8 Å². The molecule has 2 aromatic rings. The van der Waals surface area contributed by atoms with E-state index < -0.39 is 0 Å². The third-order valence-corrected chi connectivity index (χ3v) is 3.86. The molecule has 3 rings (SSSR count). The fraction of sp³-hybridized carbons (Fsp3) is 0.500. The summed E-state index contributed by atoms with van der Waals surface area (Å²) < 4.78 is 21.3. The lowest BCUT2D eigenvalue weighted by molar-refractivity contribution is 0.0485. The SMILES string of the molecule is Fc1cccc2c1nc(CCl)n2CC1CCCOC1. The van der Waals surface area contributed by atoms with Gasteiger partial charge in [0.1, 0.15) is 11.3 Å². The van der Waals surface area contributed by atoms with E-state index in [-0.39, 0.29) is 5.82 Å². The third-order valence-electron chi connectivity index (χ3n) is 3.62. The summed E-state index contributed by atoms with van der Waals surface area (Å²) in [4.78, 5) is 4.31. The number of imidazole rings is 1. The molecule has 19 heavy (non-hydrogen) atoms. The van der Waals surface area contributed by atoms with Gasteiger partial charge in [-0.2, -0.15) is 0 Å². The van der Waals surface area contributed by atoms with Gasteiger partial charge in [-0.1, -0.05) is 6.07 Å². The van der Waals surface area contributed by atoms with Gasteiger partial charge in [-0.15, -0.1) is 11.6 Å². The Morgan fingerprint density at radius 2 is 2.37 bits per heavy atom. The molecule has 1 saturated heterocycles. The molecule has 1 aromatic carbocycles. The van der Waals surface area contributed by atoms with Gasteiger partial charge >= 0.3 is 0 Å². The van der Waals surface area contributed by atoms with Gasteiger partial charge in [-0.25, -0.2) is 9.37 Å². The number of hydrogen-bond acceptors (Lipinski definition) is 2. The van der Waals surface area contributed by atoms with E-state index in [0.717, 1.165) is 43.9 Å². The van der Waals surface area contributed by atoms with Crippen molar-refractivity contribution in [3.63, 3.8) is 0 Å². The summed E-state index contributed by atoms with van der Waals surface area (Å²) in [6.45, 7) is 2.40. The molecule has 1 aromatic heterocycles. The highest BCUT2D eigenvalue weighted by atomic mass is 35.5. The van der Waals surface area contributed by atoms with Crippen molar-refractivity contribution in [2.24, 2.45) is 5.92 Å². The van der Waals surface area contributed by atoms with Gasteiger partial charge in [0.05, 0.1) is 18.0 Å². The van der Waals surface area contributed by atoms with Crippen LogP contribution in [0.15, 0.2) is 18.2 Å². The molecule has 0 radical (unpaired) electrons. The van der Waals surface area contributed by atoms with Crippen LogP contribution in [0.3, 0.4) is 0 Å². The highest BCUT2D eigenvalue weighted by molar-refractivity contribution is 6.16. The molecule has 0 N–H and O–H groups in total. The van der Waals surface area contributed by atoms with E-state index in [1.165, 1.54) is 6.07 Å². The topological polar surface area (TPSA) is 27.1 Å². The van der Waals surface area contributed by atoms with Gasteiger partial charge in [-0.05, 0) is 25.0 Å². The summed E-state index contributed by atoms with van der Waals surface area (Å²) in [5, 5.41) is 0. The lowest BCUT2D eigenvalue weighted by atomic mass is 10.0. The number of hydrogen-bond donors (Lipinski definition) is 0. The van der Waals surface area contributed by atoms with Crippen molar-refractivity contribution < 1.29 is 9.13 Å². The molecule has 102 valence electrons. The smallest absolute Gasteiger partial charge is 0.151 e. The van der Waals surface area contributed by atoms with Crippen LogP contribution < -0.4 is 0 Å². The monoisotopic (exact) mass is 282 g/mol. The molecule has 0 spiro atoms. The van der Waals surface area contributed by atoms with Crippen molar-refractivity contribution in [3.8, 4) is 0 Å². The number of ether oxygens (including phenoxy) is 1. The molecule has 1 aliphatic heterocycles. The van der Waals surface area contributed by atoms with Crippen LogP contribution in [-0.2, 0) is 17.2 Å². The molecule has 2 heterocycles. The Kier molecular flexibility index (Phi) is 3.71. The minimum Gasteiger partial charge on any atom is -0.381 e. The van der Waals surface area contributed by atoms with Crippen LogP contribution in [0, 0.1) is 11.7 Å². The van der Waals surface area contributed by atoms with Crippen LogP contribution in [0.2, 0.25) is 0 Å². The van der Waals surface area contributed by atoms with E-state index in [4.69, 9.17) is 16.3 Å². The Labute approximate surface area is 116 Å². The molecular formula is C14H16ClFN2O. The predicted octanol–water partition coefficient (Wildman–Crippen LogP) is 3.34. The zero-order valence-electron chi connectivity index (χ0n) is 10.6. The number of rotatable bonds is 3. The second-order valence-corrected chi connectivity index (χ2v) is 5.23. The van der Waals surface area contributed by atoms with Gasteiger partial charge in [0, 0.05) is 19.1 Å². The first kappa shape index (κ1) is 12.9. The van der Waals surface area contributed by atoms with Crippen LogP contribution in [0.25, 0.3) is 11.0 Å². The number of para-hydroxylation sites is 1. The van der Waals surface area contributed by atoms with E-state index >= 15 is 0 Å². The van der Waals surface area contributed by atoms with Gasteiger partial charge in [0.15, 0.2) is 5.82 Å². The van der Waals surface area contributed by atoms with Crippen molar-refractivity contribution in [1.82, 2.24) is 9.55 Å². The molecule has 5 heteroatoms. The minimum absolute atomic E-state index is 0.289. The maximum absolute atomic E-state index is 13.8. The molecule has 1 unspecified atom stereocenters. The summed E-state index contributed by atoms with van der Waals surface area (Å²) in [6, 6.07) is 5.04. The maximum atomic E-state index is 13.8. The fourth-order valence-corrected chi connectivity index (χ4v) is 2.88. The van der Waals surface area contributed by atoms with E-state index in [9.17, 15) is 4.39 Å². The molecule has 0 bridgehead atoms. The van der Waals surface area contributed by atoms with E-state index in [1.807, 2.05) is 10.6 Å². The number of nitrogens with zero attached hydrogens (tertiary/aromatic N) is 2. The van der Waals surface area contributed by atoms with Gasteiger partial charge in [0.25, 0.3) is 0 Å². The van der Waals surface area contributed by atoms with Crippen LogP contribution in [0.4, 0.5) is 4.39 Å². The van der Waals surface area contributed by atoms with E-state index in [2.05, 4.69) is 4.98 Å². The van der Waals surface area contributed by atoms with Crippen molar-refractivity contribution in [2.75, 3.05) is 13.2 Å². The zero-order valence-corrected chi connectivity index (χ0v) is 11.4. The predicted molar refractivity (Wildman–Crippen MR) is 72.8 cm³/mol. The van der Waals surface area contributed by atoms with Crippen molar-refractivity contribution in [2.45, 2.75) is 25.3 Å². The van der Waals surface area contributed by atoms with Crippen LogP contribution in [-0.4, -0.2) is 22.8 Å². The first-order valence-corrected chi connectivity index (χ1v) is 7.10. The molecule has 1 fully saturated rings. The average Bonchev–Trinajstić information content (AvgIpc) is 2.80. The number of aromatic nitrogens is 2. The van der Waals surface area contributed by atoms with Gasteiger partial charge in [0.2, 0.25) is 0 Å². The number of halogens is 2. The molecule has 0 amide bonds. The van der Waals surface area contributed by atoms with Gasteiger partial charge in [-0.3, -0.25) is 0 Å². The van der Waals surface area contributed by atoms with Crippen LogP contribution in [0.1, 0.15) is 18.7 Å². The minimum atomic E-state index is -0.289. The molecule has 0 aliphatic carbocycles. The standard InChI is InChI=1S/C14H16ClFN2O/c15-7-13-17-14-11(16)4-1-5-12(14)18(13)8-10-3-2-6-19-9-10/h1,4-5,10H,2-3,6-9H2. The molecule has 1 aliphatic rings. The van der Waals surface area contributed by atoms with Crippen LogP contribution >= 0.6 is 11.6 Å². The molecule has 1 atom stereocenters. The Balaban J connectivity index is 1.98. The summed E-state index contributed by atoms with van der Waals surface area (Å²) in [5.41, 5.74) is 1.23. The van der Waals surface area contributed by atoms with E-state index in [1.54, 1.807) is 6.07 Å². The van der Waals surface area contributed by atoms with Crippen LogP contribution in [0.5, 0.6) is 0 Å². The Hall–Kier alpha value is -1.13. The summed E-state index contributed by atoms with van der Waals surface area (Å²) >= 11 is 5.94. The first-order chi connectivity index (χ1) is 9.29. The number of fused-ring (bicyclic) bond motifs is 1. The summed E-state index contributed by atoms with van der Waals surface area (Å²) in [7, 11) is 0. The molecular weight excluding hydrogens is 267 g/mol. The lowest BCUT2D eigenvalue weighted by Crippen LogP contribution is -2.22.